The van der Waals surface area contributed by atoms with Gasteiger partial charge in [-0.1, -0.05) is 19.1 Å². The number of ether oxygens (including phenoxy) is 1. The van der Waals surface area contributed by atoms with Gasteiger partial charge < -0.3 is 14.5 Å². The molecule has 5 heteroatoms. The van der Waals surface area contributed by atoms with Crippen LogP contribution in [-0.4, -0.2) is 60.5 Å². The summed E-state index contributed by atoms with van der Waals surface area (Å²) < 4.78 is 5.46. The molecule has 5 nitrogen and oxygen atoms in total. The van der Waals surface area contributed by atoms with Crippen molar-refractivity contribution in [2.45, 2.75) is 32.3 Å². The first-order valence-corrected chi connectivity index (χ1v) is 8.47. The maximum absolute atomic E-state index is 12.5. The van der Waals surface area contributed by atoms with Crippen LogP contribution in [0.4, 0.5) is 0 Å². The van der Waals surface area contributed by atoms with Crippen molar-refractivity contribution in [2.75, 3.05) is 32.8 Å². The van der Waals surface area contributed by atoms with E-state index in [-0.39, 0.29) is 17.9 Å². The highest BCUT2D eigenvalue weighted by molar-refractivity contribution is 5.94. The predicted octanol–water partition coefficient (Wildman–Crippen LogP) is 1.71. The highest BCUT2D eigenvalue weighted by Crippen LogP contribution is 2.17. The molecule has 23 heavy (non-hydrogen) atoms. The molecule has 2 amide bonds. The van der Waals surface area contributed by atoms with Gasteiger partial charge in [0.15, 0.2) is 0 Å². The van der Waals surface area contributed by atoms with Crippen LogP contribution in [0.15, 0.2) is 24.3 Å². The summed E-state index contributed by atoms with van der Waals surface area (Å²) in [6, 6.07) is 7.80. The molecule has 0 aliphatic carbocycles. The van der Waals surface area contributed by atoms with E-state index in [2.05, 4.69) is 6.92 Å². The fourth-order valence-electron chi connectivity index (χ4n) is 3.17. The van der Waals surface area contributed by atoms with Gasteiger partial charge in [-0.15, -0.1) is 0 Å². The van der Waals surface area contributed by atoms with Gasteiger partial charge in [0.05, 0.1) is 0 Å². The summed E-state index contributed by atoms with van der Waals surface area (Å²) in [6.07, 6.45) is 2.49. The molecule has 0 unspecified atom stereocenters. The molecule has 0 spiro atoms. The number of aryl methyl sites for hydroxylation is 1. The summed E-state index contributed by atoms with van der Waals surface area (Å²) >= 11 is 0. The van der Waals surface area contributed by atoms with Crippen LogP contribution in [0.3, 0.4) is 0 Å². The molecule has 2 heterocycles. The average Bonchev–Trinajstić information content (AvgIpc) is 3.15. The van der Waals surface area contributed by atoms with E-state index in [1.165, 1.54) is 5.56 Å². The molecule has 0 saturated carbocycles. The van der Waals surface area contributed by atoms with Crippen LogP contribution in [0.25, 0.3) is 0 Å². The molecule has 1 atom stereocenters. The Morgan fingerprint density at radius 1 is 1.09 bits per heavy atom. The van der Waals surface area contributed by atoms with Crippen LogP contribution in [-0.2, 0) is 16.0 Å². The van der Waals surface area contributed by atoms with Crippen molar-refractivity contribution >= 4 is 11.8 Å². The van der Waals surface area contributed by atoms with Gasteiger partial charge in [0.1, 0.15) is 6.10 Å². The lowest BCUT2D eigenvalue weighted by Crippen LogP contribution is -2.52. The molecule has 2 aliphatic heterocycles. The Bertz CT molecular complexity index is 556. The van der Waals surface area contributed by atoms with E-state index >= 15 is 0 Å². The Labute approximate surface area is 137 Å². The molecule has 1 aromatic rings. The number of carbonyl (C=O) groups excluding carboxylic acids is 2. The average molecular weight is 316 g/mol. The van der Waals surface area contributed by atoms with Crippen molar-refractivity contribution < 1.29 is 14.3 Å². The summed E-state index contributed by atoms with van der Waals surface area (Å²) in [5, 5.41) is 0. The largest absolute Gasteiger partial charge is 0.368 e. The van der Waals surface area contributed by atoms with Crippen LogP contribution >= 0.6 is 0 Å². The number of nitrogens with zero attached hydrogens (tertiary/aromatic N) is 2. The molecule has 124 valence electrons. The third kappa shape index (κ3) is 3.55. The van der Waals surface area contributed by atoms with Crippen LogP contribution in [0.5, 0.6) is 0 Å². The van der Waals surface area contributed by atoms with Gasteiger partial charge >= 0.3 is 0 Å². The number of hydrogen-bond donors (Lipinski definition) is 0. The fraction of sp³-hybridized carbons (Fsp3) is 0.556. The lowest BCUT2D eigenvalue weighted by molar-refractivity contribution is -0.142. The van der Waals surface area contributed by atoms with E-state index in [0.29, 0.717) is 32.8 Å². The molecule has 2 fully saturated rings. The number of piperazine rings is 1. The highest BCUT2D eigenvalue weighted by Gasteiger charge is 2.31. The second-order valence-electron chi connectivity index (χ2n) is 6.17. The second kappa shape index (κ2) is 7.13. The third-order valence-electron chi connectivity index (χ3n) is 4.69. The predicted molar refractivity (Wildman–Crippen MR) is 87.3 cm³/mol. The van der Waals surface area contributed by atoms with Crippen molar-refractivity contribution in [3.05, 3.63) is 35.4 Å². The smallest absolute Gasteiger partial charge is 0.253 e. The zero-order valence-electron chi connectivity index (χ0n) is 13.7. The Hall–Kier alpha value is -1.88. The van der Waals surface area contributed by atoms with Gasteiger partial charge in [-0.2, -0.15) is 0 Å². The van der Waals surface area contributed by atoms with Crippen molar-refractivity contribution in [3.63, 3.8) is 0 Å². The molecule has 0 radical (unpaired) electrons. The van der Waals surface area contributed by atoms with Crippen LogP contribution in [0, 0.1) is 0 Å². The van der Waals surface area contributed by atoms with E-state index in [4.69, 9.17) is 4.74 Å². The van der Waals surface area contributed by atoms with Crippen molar-refractivity contribution in [1.82, 2.24) is 9.80 Å². The number of amides is 2. The molecular weight excluding hydrogens is 292 g/mol. The summed E-state index contributed by atoms with van der Waals surface area (Å²) in [5.74, 6) is 0.138. The zero-order chi connectivity index (χ0) is 16.2. The molecule has 0 bridgehead atoms. The first-order valence-electron chi connectivity index (χ1n) is 8.47. The summed E-state index contributed by atoms with van der Waals surface area (Å²) in [7, 11) is 0. The molecule has 2 aliphatic rings. The first kappa shape index (κ1) is 16.0. The first-order chi connectivity index (χ1) is 11.2. The Morgan fingerprint density at radius 3 is 2.30 bits per heavy atom. The van der Waals surface area contributed by atoms with E-state index in [0.717, 1.165) is 24.8 Å². The number of carbonyl (C=O) groups is 2. The molecule has 3 rings (SSSR count). The minimum Gasteiger partial charge on any atom is -0.368 e. The molecule has 0 N–H and O–H groups in total. The summed E-state index contributed by atoms with van der Waals surface area (Å²) in [6.45, 7) is 5.15. The molecule has 0 aromatic heterocycles. The van der Waals surface area contributed by atoms with E-state index in [9.17, 15) is 9.59 Å². The number of rotatable bonds is 3. The summed E-state index contributed by atoms with van der Waals surface area (Å²) in [4.78, 5) is 28.5. The minimum atomic E-state index is -0.265. The van der Waals surface area contributed by atoms with Crippen LogP contribution in [0.1, 0.15) is 35.7 Å². The maximum atomic E-state index is 12.5. The van der Waals surface area contributed by atoms with Crippen LogP contribution in [0.2, 0.25) is 0 Å². The van der Waals surface area contributed by atoms with Gasteiger partial charge in [0.25, 0.3) is 11.8 Å². The summed E-state index contributed by atoms with van der Waals surface area (Å²) in [5.41, 5.74) is 1.95. The molecule has 1 aromatic carbocycles. The monoisotopic (exact) mass is 316 g/mol. The van der Waals surface area contributed by atoms with Gasteiger partial charge in [0.2, 0.25) is 0 Å². The Kier molecular flexibility index (Phi) is 4.96. The third-order valence-corrected chi connectivity index (χ3v) is 4.69. The van der Waals surface area contributed by atoms with Crippen molar-refractivity contribution in [1.29, 1.82) is 0 Å². The Balaban J connectivity index is 1.55. The zero-order valence-corrected chi connectivity index (χ0v) is 13.7. The van der Waals surface area contributed by atoms with E-state index in [1.54, 1.807) is 0 Å². The standard InChI is InChI=1S/C18H24N2O3/c1-2-14-5-7-15(8-6-14)17(21)19-9-11-20(12-10-19)18(22)16-4-3-13-23-16/h5-8,16H,2-4,9-13H2,1H3/t16-/m0/s1. The quantitative estimate of drug-likeness (QED) is 0.853. The normalized spacial score (nSPS) is 21.5. The highest BCUT2D eigenvalue weighted by atomic mass is 16.5. The van der Waals surface area contributed by atoms with Gasteiger partial charge in [-0.25, -0.2) is 0 Å². The maximum Gasteiger partial charge on any atom is 0.253 e. The second-order valence-corrected chi connectivity index (χ2v) is 6.17. The fourth-order valence-corrected chi connectivity index (χ4v) is 3.17. The van der Waals surface area contributed by atoms with Crippen molar-refractivity contribution in [2.24, 2.45) is 0 Å². The molecule has 2 saturated heterocycles. The molecular formula is C18H24N2O3. The number of hydrogen-bond acceptors (Lipinski definition) is 3. The SMILES string of the molecule is CCc1ccc(C(=O)N2CCN(C(=O)[C@@H]3CCCO3)CC2)cc1. The van der Waals surface area contributed by atoms with Gasteiger partial charge in [0, 0.05) is 38.3 Å². The van der Waals surface area contributed by atoms with Crippen LogP contribution < -0.4 is 0 Å². The van der Waals surface area contributed by atoms with Gasteiger partial charge in [-0.3, -0.25) is 9.59 Å². The van der Waals surface area contributed by atoms with Gasteiger partial charge in [-0.05, 0) is 37.0 Å². The van der Waals surface area contributed by atoms with Crippen molar-refractivity contribution in [3.8, 4) is 0 Å². The van der Waals surface area contributed by atoms with E-state index < -0.39 is 0 Å². The van der Waals surface area contributed by atoms with E-state index in [1.807, 2.05) is 34.1 Å². The lowest BCUT2D eigenvalue weighted by atomic mass is 10.1. The minimum absolute atomic E-state index is 0.0527. The lowest BCUT2D eigenvalue weighted by Gasteiger charge is -2.35. The number of benzene rings is 1. The Morgan fingerprint density at radius 2 is 1.74 bits per heavy atom. The topological polar surface area (TPSA) is 49.9 Å².